The minimum absolute atomic E-state index is 0.219. The van der Waals surface area contributed by atoms with Crippen LogP contribution in [-0.4, -0.2) is 11.6 Å². The lowest BCUT2D eigenvalue weighted by molar-refractivity contribution is 0.340. The molecule has 0 N–H and O–H groups in total. The average molecular weight is 321 g/mol. The Labute approximate surface area is 142 Å². The number of aromatic nitrogens is 1. The van der Waals surface area contributed by atoms with Crippen molar-refractivity contribution in [3.63, 3.8) is 0 Å². The quantitative estimate of drug-likeness (QED) is 0.556. The summed E-state index contributed by atoms with van der Waals surface area (Å²) in [6, 6.07) is 4.56. The zero-order valence-corrected chi connectivity index (χ0v) is 14.8. The first-order chi connectivity index (χ1) is 11.5. The van der Waals surface area contributed by atoms with Crippen LogP contribution in [0.1, 0.15) is 62.1 Å². The lowest BCUT2D eigenvalue weighted by Gasteiger charge is -2.33. The van der Waals surface area contributed by atoms with Gasteiger partial charge in [-0.2, -0.15) is 0 Å². The zero-order valence-electron chi connectivity index (χ0n) is 14.8. The maximum Gasteiger partial charge on any atom is 0.192 e. The maximum atomic E-state index is 6.12. The van der Waals surface area contributed by atoms with Crippen molar-refractivity contribution >= 4 is 21.9 Å². The van der Waals surface area contributed by atoms with Crippen LogP contribution in [0.3, 0.4) is 0 Å². The molecule has 3 aromatic rings. The van der Waals surface area contributed by atoms with E-state index in [0.29, 0.717) is 5.92 Å². The molecule has 2 heterocycles. The van der Waals surface area contributed by atoms with Crippen LogP contribution in [0.5, 0.6) is 5.75 Å². The predicted molar refractivity (Wildman–Crippen MR) is 96.1 cm³/mol. The van der Waals surface area contributed by atoms with E-state index in [4.69, 9.17) is 14.1 Å². The van der Waals surface area contributed by atoms with E-state index < -0.39 is 0 Å². The highest BCUT2D eigenvalue weighted by Gasteiger charge is 2.33. The summed E-state index contributed by atoms with van der Waals surface area (Å²) >= 11 is 0. The third-order valence-corrected chi connectivity index (χ3v) is 5.95. The highest BCUT2D eigenvalue weighted by Crippen LogP contribution is 2.49. The Morgan fingerprint density at radius 3 is 2.92 bits per heavy atom. The molecule has 0 amide bonds. The lowest BCUT2D eigenvalue weighted by atomic mass is 9.71. The van der Waals surface area contributed by atoms with Gasteiger partial charge in [0.05, 0.1) is 6.61 Å². The molecule has 0 saturated heterocycles. The fraction of sp³-hybridized carbons (Fsp3) is 0.476. The smallest absolute Gasteiger partial charge is 0.192 e. The summed E-state index contributed by atoms with van der Waals surface area (Å²) in [5.74, 6) is 2.14. The van der Waals surface area contributed by atoms with Gasteiger partial charge in [-0.1, -0.05) is 32.9 Å². The molecule has 1 aliphatic carbocycles. The van der Waals surface area contributed by atoms with Crippen LogP contribution in [0.25, 0.3) is 21.9 Å². The van der Waals surface area contributed by atoms with Gasteiger partial charge in [0, 0.05) is 29.2 Å². The first kappa shape index (κ1) is 14.3. The number of hydrogen-bond donors (Lipinski definition) is 0. The molecule has 2 aliphatic rings. The number of oxazole rings is 1. The third-order valence-electron chi connectivity index (χ3n) is 5.95. The molecule has 0 fully saturated rings. The molecule has 1 aromatic heterocycles. The predicted octanol–water partition coefficient (Wildman–Crippen LogP) is 5.40. The van der Waals surface area contributed by atoms with Crippen LogP contribution in [0.2, 0.25) is 0 Å². The summed E-state index contributed by atoms with van der Waals surface area (Å²) < 4.78 is 12.2. The highest BCUT2D eigenvalue weighted by atomic mass is 16.5. The molecule has 24 heavy (non-hydrogen) atoms. The summed E-state index contributed by atoms with van der Waals surface area (Å²) in [6.45, 7) is 9.59. The normalized spacial score (nSPS) is 21.8. The Balaban J connectivity index is 2.00. The third kappa shape index (κ3) is 1.70. The molecular weight excluding hydrogens is 298 g/mol. The van der Waals surface area contributed by atoms with E-state index in [-0.39, 0.29) is 5.41 Å². The van der Waals surface area contributed by atoms with E-state index in [0.717, 1.165) is 35.8 Å². The Morgan fingerprint density at radius 1 is 1.25 bits per heavy atom. The van der Waals surface area contributed by atoms with Crippen molar-refractivity contribution in [2.24, 2.45) is 0 Å². The summed E-state index contributed by atoms with van der Waals surface area (Å²) in [5.41, 5.74) is 6.32. The summed E-state index contributed by atoms with van der Waals surface area (Å²) in [7, 11) is 0. The number of ether oxygens (including phenoxy) is 1. The SMILES string of the molecule is Cc1nc2c3c(c4ccc5c(c4c2o1)CCCC5(C)C)OC[C@@H]3C. The molecule has 1 aliphatic heterocycles. The minimum atomic E-state index is 0.219. The van der Waals surface area contributed by atoms with E-state index in [2.05, 4.69) is 32.9 Å². The number of rotatable bonds is 0. The molecule has 5 rings (SSSR count). The monoisotopic (exact) mass is 321 g/mol. The number of aryl methyl sites for hydroxylation is 2. The van der Waals surface area contributed by atoms with E-state index in [1.165, 1.54) is 40.3 Å². The van der Waals surface area contributed by atoms with Gasteiger partial charge in [0.1, 0.15) is 11.3 Å². The molecule has 0 unspecified atom stereocenters. The summed E-state index contributed by atoms with van der Waals surface area (Å²) in [4.78, 5) is 4.72. The first-order valence-electron chi connectivity index (χ1n) is 8.99. The van der Waals surface area contributed by atoms with Gasteiger partial charge in [0.15, 0.2) is 11.5 Å². The van der Waals surface area contributed by atoms with Gasteiger partial charge in [0.25, 0.3) is 0 Å². The average Bonchev–Trinajstić information content (AvgIpc) is 3.09. The number of benzene rings is 2. The van der Waals surface area contributed by atoms with E-state index in [1.54, 1.807) is 0 Å². The van der Waals surface area contributed by atoms with Gasteiger partial charge in [-0.3, -0.25) is 0 Å². The molecule has 0 spiro atoms. The second-order valence-corrected chi connectivity index (χ2v) is 8.12. The lowest BCUT2D eigenvalue weighted by Crippen LogP contribution is -2.23. The van der Waals surface area contributed by atoms with Crippen LogP contribution in [-0.2, 0) is 11.8 Å². The van der Waals surface area contributed by atoms with E-state index >= 15 is 0 Å². The van der Waals surface area contributed by atoms with Crippen LogP contribution < -0.4 is 4.74 Å². The minimum Gasteiger partial charge on any atom is -0.492 e. The van der Waals surface area contributed by atoms with Gasteiger partial charge >= 0.3 is 0 Å². The van der Waals surface area contributed by atoms with Gasteiger partial charge in [-0.15, -0.1) is 0 Å². The molecule has 2 aromatic carbocycles. The van der Waals surface area contributed by atoms with Gasteiger partial charge in [-0.25, -0.2) is 4.98 Å². The van der Waals surface area contributed by atoms with Crippen molar-refractivity contribution in [3.8, 4) is 5.75 Å². The van der Waals surface area contributed by atoms with Crippen molar-refractivity contribution in [2.75, 3.05) is 6.61 Å². The molecule has 3 nitrogen and oxygen atoms in total. The molecular formula is C21H23NO2. The van der Waals surface area contributed by atoms with Gasteiger partial charge in [0.2, 0.25) is 0 Å². The fourth-order valence-corrected chi connectivity index (χ4v) is 4.77. The summed E-state index contributed by atoms with van der Waals surface area (Å²) in [5, 5.41) is 2.44. The zero-order chi connectivity index (χ0) is 16.6. The van der Waals surface area contributed by atoms with E-state index in [1.807, 2.05) is 6.92 Å². The second-order valence-electron chi connectivity index (χ2n) is 8.12. The standard InChI is InChI=1S/C21H23NO2/c1-11-10-23-19-14-7-8-15-13(6-5-9-21(15,3)4)17(14)20-18(16(11)19)22-12(2)24-20/h7-8,11H,5-6,9-10H2,1-4H3/t11-/m0/s1. The Hall–Kier alpha value is -2.03. The highest BCUT2D eigenvalue weighted by molar-refractivity contribution is 6.11. The van der Waals surface area contributed by atoms with Crippen molar-refractivity contribution in [3.05, 3.63) is 34.7 Å². The molecule has 0 bridgehead atoms. The van der Waals surface area contributed by atoms with Crippen molar-refractivity contribution < 1.29 is 9.15 Å². The van der Waals surface area contributed by atoms with Crippen LogP contribution in [0.4, 0.5) is 0 Å². The Kier molecular flexibility index (Phi) is 2.70. The van der Waals surface area contributed by atoms with Crippen molar-refractivity contribution in [2.45, 2.75) is 58.3 Å². The maximum absolute atomic E-state index is 6.12. The van der Waals surface area contributed by atoms with Crippen LogP contribution in [0, 0.1) is 6.92 Å². The Bertz CT molecular complexity index is 996. The number of fused-ring (bicyclic) bond motifs is 8. The number of hydrogen-bond acceptors (Lipinski definition) is 3. The second kappa shape index (κ2) is 4.53. The largest absolute Gasteiger partial charge is 0.492 e. The molecule has 124 valence electrons. The van der Waals surface area contributed by atoms with Crippen molar-refractivity contribution in [1.82, 2.24) is 4.98 Å². The topological polar surface area (TPSA) is 35.3 Å². The van der Waals surface area contributed by atoms with Gasteiger partial charge < -0.3 is 9.15 Å². The molecule has 0 radical (unpaired) electrons. The van der Waals surface area contributed by atoms with Gasteiger partial charge in [-0.05, 0) is 35.8 Å². The van der Waals surface area contributed by atoms with Crippen LogP contribution >= 0.6 is 0 Å². The fourth-order valence-electron chi connectivity index (χ4n) is 4.77. The summed E-state index contributed by atoms with van der Waals surface area (Å²) in [6.07, 6.45) is 3.57. The van der Waals surface area contributed by atoms with Crippen molar-refractivity contribution in [1.29, 1.82) is 0 Å². The van der Waals surface area contributed by atoms with E-state index in [9.17, 15) is 0 Å². The molecule has 0 saturated carbocycles. The molecule has 1 atom stereocenters. The number of nitrogens with zero attached hydrogens (tertiary/aromatic N) is 1. The Morgan fingerprint density at radius 2 is 2.08 bits per heavy atom. The molecule has 3 heteroatoms. The van der Waals surface area contributed by atoms with Crippen LogP contribution in [0.15, 0.2) is 16.5 Å². The first-order valence-corrected chi connectivity index (χ1v) is 8.99.